The van der Waals surface area contributed by atoms with Crippen LogP contribution in [-0.4, -0.2) is 42.6 Å². The minimum Gasteiger partial charge on any atom is -0.380 e. The number of benzene rings is 2. The van der Waals surface area contributed by atoms with Crippen LogP contribution >= 0.6 is 0 Å². The Morgan fingerprint density at radius 3 is 2.63 bits per heavy atom. The van der Waals surface area contributed by atoms with Gasteiger partial charge in [0.15, 0.2) is 17.9 Å². The summed E-state index contributed by atoms with van der Waals surface area (Å²) < 4.78 is 38.6. The molecule has 2 aromatic carbocycles. The lowest BCUT2D eigenvalue weighted by Crippen LogP contribution is -2.41. The van der Waals surface area contributed by atoms with Crippen LogP contribution in [-0.2, 0) is 21.6 Å². The fraction of sp³-hybridized carbons (Fsp3) is 0.417. The van der Waals surface area contributed by atoms with E-state index in [-0.39, 0.29) is 18.4 Å². The van der Waals surface area contributed by atoms with E-state index < -0.39 is 17.2 Å². The van der Waals surface area contributed by atoms with E-state index in [9.17, 15) is 13.9 Å². The third-order valence-electron chi connectivity index (χ3n) is 5.32. The molecule has 1 aliphatic rings. The summed E-state index contributed by atoms with van der Waals surface area (Å²) in [6.07, 6.45) is 4.19. The van der Waals surface area contributed by atoms with Crippen LogP contribution in [0.5, 0.6) is 0 Å². The zero-order chi connectivity index (χ0) is 21.4. The highest BCUT2D eigenvalue weighted by Crippen LogP contribution is 2.26. The molecule has 2 unspecified atom stereocenters. The van der Waals surface area contributed by atoms with Gasteiger partial charge in [-0.3, -0.25) is 4.90 Å². The van der Waals surface area contributed by atoms with Crippen molar-refractivity contribution in [1.29, 1.82) is 0 Å². The molecule has 0 spiro atoms. The van der Waals surface area contributed by atoms with Crippen molar-refractivity contribution >= 4 is 0 Å². The quantitative estimate of drug-likeness (QED) is 0.583. The van der Waals surface area contributed by atoms with Gasteiger partial charge in [-0.25, -0.2) is 8.78 Å². The highest BCUT2D eigenvalue weighted by atomic mass is 19.2. The number of ether oxygens (including phenoxy) is 2. The van der Waals surface area contributed by atoms with Crippen LogP contribution in [0.15, 0.2) is 61.2 Å². The molecule has 3 rings (SSSR count). The molecule has 1 N–H and O–H groups in total. The molecule has 0 radical (unpaired) electrons. The van der Waals surface area contributed by atoms with Crippen LogP contribution in [0.4, 0.5) is 8.78 Å². The Morgan fingerprint density at radius 1 is 1.17 bits per heavy atom. The van der Waals surface area contributed by atoms with Crippen molar-refractivity contribution in [2.24, 2.45) is 0 Å². The fourth-order valence-corrected chi connectivity index (χ4v) is 3.59. The molecule has 2 aromatic rings. The maximum atomic E-state index is 13.8. The topological polar surface area (TPSA) is 41.9 Å². The van der Waals surface area contributed by atoms with E-state index >= 15 is 0 Å². The largest absolute Gasteiger partial charge is 0.380 e. The van der Waals surface area contributed by atoms with Crippen LogP contribution in [0.2, 0.25) is 0 Å². The maximum absolute atomic E-state index is 13.8. The van der Waals surface area contributed by atoms with Gasteiger partial charge < -0.3 is 14.6 Å². The van der Waals surface area contributed by atoms with Gasteiger partial charge in [0, 0.05) is 26.2 Å². The first kappa shape index (κ1) is 22.6. The first-order valence-corrected chi connectivity index (χ1v) is 10.3. The van der Waals surface area contributed by atoms with Crippen molar-refractivity contribution in [3.63, 3.8) is 0 Å². The lowest BCUT2D eigenvalue weighted by Gasteiger charge is -2.33. The van der Waals surface area contributed by atoms with Gasteiger partial charge in [0.05, 0.1) is 6.61 Å². The molecule has 30 heavy (non-hydrogen) atoms. The summed E-state index contributed by atoms with van der Waals surface area (Å²) in [5.41, 5.74) is -0.209. The van der Waals surface area contributed by atoms with E-state index in [0.29, 0.717) is 26.3 Å². The maximum Gasteiger partial charge on any atom is 0.159 e. The molecule has 2 atom stereocenters. The summed E-state index contributed by atoms with van der Waals surface area (Å²) in [4.78, 5) is 2.01. The number of hydrogen-bond donors (Lipinski definition) is 1. The lowest BCUT2D eigenvalue weighted by atomic mass is 9.92. The van der Waals surface area contributed by atoms with Gasteiger partial charge in [-0.15, -0.1) is 0 Å². The SMILES string of the molecule is C=CC(O)(CN(CCOC1CCCCO1)Cc1ccccc1)c1ccc(F)c(F)c1. The average Bonchev–Trinajstić information content (AvgIpc) is 2.77. The smallest absolute Gasteiger partial charge is 0.159 e. The van der Waals surface area contributed by atoms with Crippen molar-refractivity contribution in [3.8, 4) is 0 Å². The Balaban J connectivity index is 1.71. The second-order valence-corrected chi connectivity index (χ2v) is 7.62. The lowest BCUT2D eigenvalue weighted by molar-refractivity contribution is -0.165. The summed E-state index contributed by atoms with van der Waals surface area (Å²) in [7, 11) is 0. The second kappa shape index (κ2) is 10.8. The van der Waals surface area contributed by atoms with Crippen molar-refractivity contribution in [2.45, 2.75) is 37.7 Å². The predicted octanol–water partition coefficient (Wildman–Crippen LogP) is 4.38. The summed E-state index contributed by atoms with van der Waals surface area (Å²) in [5, 5.41) is 11.2. The number of halogens is 2. The monoisotopic (exact) mass is 417 g/mol. The van der Waals surface area contributed by atoms with Gasteiger partial charge in [-0.1, -0.05) is 49.1 Å². The second-order valence-electron chi connectivity index (χ2n) is 7.62. The Bertz CT molecular complexity index is 811. The van der Waals surface area contributed by atoms with Crippen LogP contribution in [0.1, 0.15) is 30.4 Å². The minimum absolute atomic E-state index is 0.158. The van der Waals surface area contributed by atoms with Gasteiger partial charge in [0.25, 0.3) is 0 Å². The predicted molar refractivity (Wildman–Crippen MR) is 112 cm³/mol. The van der Waals surface area contributed by atoms with E-state index in [1.807, 2.05) is 35.2 Å². The first-order valence-electron chi connectivity index (χ1n) is 10.3. The Hall–Kier alpha value is -2.12. The minimum atomic E-state index is -1.54. The molecular formula is C24H29F2NO3. The summed E-state index contributed by atoms with van der Waals surface area (Å²) in [6, 6.07) is 13.3. The molecule has 0 saturated carbocycles. The van der Waals surface area contributed by atoms with Crippen LogP contribution < -0.4 is 0 Å². The van der Waals surface area contributed by atoms with E-state index in [4.69, 9.17) is 9.47 Å². The van der Waals surface area contributed by atoms with Crippen molar-refractivity contribution in [2.75, 3.05) is 26.3 Å². The molecule has 4 nitrogen and oxygen atoms in total. The molecule has 0 bridgehead atoms. The number of aliphatic hydroxyl groups is 1. The van der Waals surface area contributed by atoms with Gasteiger partial charge in [-0.05, 0) is 42.5 Å². The highest BCUT2D eigenvalue weighted by molar-refractivity contribution is 5.29. The molecule has 0 aromatic heterocycles. The van der Waals surface area contributed by atoms with Crippen molar-refractivity contribution in [1.82, 2.24) is 4.90 Å². The fourth-order valence-electron chi connectivity index (χ4n) is 3.59. The highest BCUT2D eigenvalue weighted by Gasteiger charge is 2.29. The van der Waals surface area contributed by atoms with Crippen LogP contribution in [0.25, 0.3) is 0 Å². The molecule has 6 heteroatoms. The number of hydrogen-bond acceptors (Lipinski definition) is 4. The van der Waals surface area contributed by atoms with Gasteiger partial charge in [-0.2, -0.15) is 0 Å². The Labute approximate surface area is 176 Å². The Kier molecular flexibility index (Phi) is 8.10. The summed E-state index contributed by atoms with van der Waals surface area (Å²) in [5.74, 6) is -1.95. The number of rotatable bonds is 10. The molecule has 1 aliphatic heterocycles. The van der Waals surface area contributed by atoms with E-state index in [2.05, 4.69) is 6.58 Å². The number of nitrogens with zero attached hydrogens (tertiary/aromatic N) is 1. The normalized spacial score (nSPS) is 18.9. The first-order chi connectivity index (χ1) is 14.5. The molecule has 1 saturated heterocycles. The van der Waals surface area contributed by atoms with Crippen LogP contribution in [0, 0.1) is 11.6 Å². The molecule has 1 heterocycles. The standard InChI is InChI=1S/C24H29F2NO3/c1-2-24(28,20-11-12-21(25)22(26)16-20)18-27(17-19-8-4-3-5-9-19)13-15-30-23-10-6-7-14-29-23/h2-5,8-9,11-12,16,23,28H,1,6-7,10,13-15,17-18H2. The molecule has 162 valence electrons. The van der Waals surface area contributed by atoms with E-state index in [1.165, 1.54) is 12.1 Å². The van der Waals surface area contributed by atoms with E-state index in [0.717, 1.165) is 37.0 Å². The average molecular weight is 417 g/mol. The Morgan fingerprint density at radius 2 is 1.97 bits per heavy atom. The summed E-state index contributed by atoms with van der Waals surface area (Å²) in [6.45, 7) is 6.14. The van der Waals surface area contributed by atoms with Gasteiger partial charge in [0.1, 0.15) is 5.60 Å². The molecular weight excluding hydrogens is 388 g/mol. The molecule has 1 fully saturated rings. The third kappa shape index (κ3) is 6.19. The van der Waals surface area contributed by atoms with Gasteiger partial charge >= 0.3 is 0 Å². The van der Waals surface area contributed by atoms with Crippen molar-refractivity contribution in [3.05, 3.63) is 83.9 Å². The third-order valence-corrected chi connectivity index (χ3v) is 5.32. The summed E-state index contributed by atoms with van der Waals surface area (Å²) >= 11 is 0. The van der Waals surface area contributed by atoms with Gasteiger partial charge in [0.2, 0.25) is 0 Å². The van der Waals surface area contributed by atoms with Crippen LogP contribution in [0.3, 0.4) is 0 Å². The zero-order valence-electron chi connectivity index (χ0n) is 17.1. The van der Waals surface area contributed by atoms with E-state index in [1.54, 1.807) is 0 Å². The van der Waals surface area contributed by atoms with Crippen molar-refractivity contribution < 1.29 is 23.4 Å². The molecule has 0 amide bonds. The zero-order valence-corrected chi connectivity index (χ0v) is 17.1. The molecule has 0 aliphatic carbocycles.